The number of thioether (sulfide) groups is 1. The van der Waals surface area contributed by atoms with Gasteiger partial charge in [-0.3, -0.25) is 9.59 Å². The van der Waals surface area contributed by atoms with E-state index in [0.717, 1.165) is 16.9 Å². The van der Waals surface area contributed by atoms with Gasteiger partial charge >= 0.3 is 0 Å². The zero-order chi connectivity index (χ0) is 21.4. The summed E-state index contributed by atoms with van der Waals surface area (Å²) in [6, 6.07) is 14.1. The van der Waals surface area contributed by atoms with E-state index in [9.17, 15) is 9.59 Å². The molecule has 0 heterocycles. The topological polar surface area (TPSA) is 49.4 Å². The van der Waals surface area contributed by atoms with Gasteiger partial charge in [-0.05, 0) is 62.2 Å². The Bertz CT molecular complexity index is 830. The first-order valence-corrected chi connectivity index (χ1v) is 11.3. The predicted octanol–water partition coefficient (Wildman–Crippen LogP) is 5.42. The molecule has 0 aliphatic carbocycles. The zero-order valence-corrected chi connectivity index (χ0v) is 19.2. The predicted molar refractivity (Wildman–Crippen MR) is 122 cm³/mol. The summed E-state index contributed by atoms with van der Waals surface area (Å²) in [7, 11) is 0. The molecule has 29 heavy (non-hydrogen) atoms. The smallest absolute Gasteiger partial charge is 0.242 e. The number of rotatable bonds is 9. The molecule has 0 spiro atoms. The van der Waals surface area contributed by atoms with E-state index < -0.39 is 6.04 Å². The number of carbonyl (C=O) groups excluding carboxylic acids is 2. The maximum Gasteiger partial charge on any atom is 0.242 e. The summed E-state index contributed by atoms with van der Waals surface area (Å²) in [6.45, 7) is 6.03. The van der Waals surface area contributed by atoms with E-state index in [4.69, 9.17) is 23.2 Å². The lowest BCUT2D eigenvalue weighted by molar-refractivity contribution is -0.138. The average molecular weight is 453 g/mol. The van der Waals surface area contributed by atoms with Gasteiger partial charge in [0.2, 0.25) is 11.8 Å². The average Bonchev–Trinajstić information content (AvgIpc) is 2.70. The zero-order valence-electron chi connectivity index (χ0n) is 16.8. The van der Waals surface area contributed by atoms with Gasteiger partial charge in [-0.25, -0.2) is 0 Å². The fourth-order valence-electron chi connectivity index (χ4n) is 2.64. The number of amides is 2. The van der Waals surface area contributed by atoms with Crippen LogP contribution in [-0.2, 0) is 16.1 Å². The molecule has 0 aromatic heterocycles. The van der Waals surface area contributed by atoms with Gasteiger partial charge in [0.25, 0.3) is 0 Å². The molecule has 2 atom stereocenters. The Balaban J connectivity index is 2.14. The van der Waals surface area contributed by atoms with Crippen LogP contribution in [0.3, 0.4) is 0 Å². The van der Waals surface area contributed by atoms with E-state index in [0.29, 0.717) is 16.6 Å². The lowest BCUT2D eigenvalue weighted by Crippen LogP contribution is -2.50. The van der Waals surface area contributed by atoms with Crippen molar-refractivity contribution in [1.29, 1.82) is 0 Å². The van der Waals surface area contributed by atoms with Gasteiger partial charge in [0.1, 0.15) is 6.04 Å². The van der Waals surface area contributed by atoms with E-state index in [-0.39, 0.29) is 23.6 Å². The molecule has 0 aliphatic heterocycles. The van der Waals surface area contributed by atoms with Crippen LogP contribution in [0.2, 0.25) is 10.0 Å². The highest BCUT2D eigenvalue weighted by molar-refractivity contribution is 8.00. The maximum absolute atomic E-state index is 13.0. The van der Waals surface area contributed by atoms with E-state index in [1.807, 2.05) is 44.2 Å². The fraction of sp³-hybridized carbons (Fsp3) is 0.364. The highest BCUT2D eigenvalue weighted by Gasteiger charge is 2.26. The highest BCUT2D eigenvalue weighted by atomic mass is 35.5. The van der Waals surface area contributed by atoms with Crippen LogP contribution in [0.25, 0.3) is 0 Å². The van der Waals surface area contributed by atoms with Crippen molar-refractivity contribution in [3.63, 3.8) is 0 Å². The number of nitrogens with zero attached hydrogens (tertiary/aromatic N) is 1. The summed E-state index contributed by atoms with van der Waals surface area (Å²) >= 11 is 13.4. The van der Waals surface area contributed by atoms with Crippen molar-refractivity contribution >= 4 is 46.8 Å². The van der Waals surface area contributed by atoms with Gasteiger partial charge in [0.15, 0.2) is 0 Å². The largest absolute Gasteiger partial charge is 0.352 e. The Morgan fingerprint density at radius 2 is 1.76 bits per heavy atom. The minimum Gasteiger partial charge on any atom is -0.352 e. The minimum atomic E-state index is -0.596. The first kappa shape index (κ1) is 23.6. The molecule has 2 aromatic rings. The molecule has 2 rings (SSSR count). The van der Waals surface area contributed by atoms with Crippen LogP contribution in [0, 0.1) is 0 Å². The summed E-state index contributed by atoms with van der Waals surface area (Å²) in [5.41, 5.74) is 0.880. The molecule has 0 saturated carbocycles. The Labute approximate surface area is 187 Å². The number of carbonyl (C=O) groups is 2. The van der Waals surface area contributed by atoms with Gasteiger partial charge in [-0.1, -0.05) is 42.3 Å². The number of halogens is 2. The molecule has 0 radical (unpaired) electrons. The van der Waals surface area contributed by atoms with Gasteiger partial charge in [0, 0.05) is 27.5 Å². The normalized spacial score (nSPS) is 12.9. The second-order valence-electron chi connectivity index (χ2n) is 6.89. The van der Waals surface area contributed by atoms with E-state index in [2.05, 4.69) is 5.32 Å². The van der Waals surface area contributed by atoms with Crippen molar-refractivity contribution in [3.8, 4) is 0 Å². The van der Waals surface area contributed by atoms with Crippen molar-refractivity contribution in [2.75, 3.05) is 5.75 Å². The fourth-order valence-corrected chi connectivity index (χ4v) is 3.76. The summed E-state index contributed by atoms with van der Waals surface area (Å²) in [4.78, 5) is 28.3. The van der Waals surface area contributed by atoms with E-state index in [1.165, 1.54) is 11.8 Å². The molecule has 156 valence electrons. The van der Waals surface area contributed by atoms with Crippen molar-refractivity contribution < 1.29 is 9.59 Å². The quantitative estimate of drug-likeness (QED) is 0.516. The third-order valence-corrected chi connectivity index (χ3v) is 6.07. The first-order chi connectivity index (χ1) is 13.8. The van der Waals surface area contributed by atoms with Gasteiger partial charge in [-0.15, -0.1) is 11.8 Å². The Morgan fingerprint density at radius 1 is 1.07 bits per heavy atom. The molecule has 0 saturated heterocycles. The van der Waals surface area contributed by atoms with Gasteiger partial charge in [-0.2, -0.15) is 0 Å². The van der Waals surface area contributed by atoms with Crippen LogP contribution in [0.15, 0.2) is 53.4 Å². The standard InChI is InChI=1S/C22H26Cl2N2O2S/c1-4-15(2)25-22(28)16(3)26(13-17-6-5-7-19(24)12-17)21(27)14-29-20-10-8-18(23)9-11-20/h5-12,15-16H,4,13-14H2,1-3H3,(H,25,28)/t15-,16+/m0/s1. The number of hydrogen-bond acceptors (Lipinski definition) is 3. The lowest BCUT2D eigenvalue weighted by Gasteiger charge is -2.29. The monoisotopic (exact) mass is 452 g/mol. The molecule has 0 unspecified atom stereocenters. The van der Waals surface area contributed by atoms with Gasteiger partial charge < -0.3 is 10.2 Å². The molecule has 7 heteroatoms. The second kappa shape index (κ2) is 11.5. The molecular weight excluding hydrogens is 427 g/mol. The van der Waals surface area contributed by atoms with Crippen molar-refractivity contribution in [1.82, 2.24) is 10.2 Å². The molecule has 1 N–H and O–H groups in total. The van der Waals surface area contributed by atoms with Crippen LogP contribution < -0.4 is 5.32 Å². The molecule has 0 bridgehead atoms. The molecule has 0 aliphatic rings. The third-order valence-electron chi connectivity index (χ3n) is 4.59. The summed E-state index contributed by atoms with van der Waals surface area (Å²) in [5, 5.41) is 4.21. The Kier molecular flexibility index (Phi) is 9.34. The molecule has 4 nitrogen and oxygen atoms in total. The number of hydrogen-bond donors (Lipinski definition) is 1. The van der Waals surface area contributed by atoms with Crippen LogP contribution in [-0.4, -0.2) is 34.6 Å². The van der Waals surface area contributed by atoms with E-state index >= 15 is 0 Å². The second-order valence-corrected chi connectivity index (χ2v) is 8.81. The van der Waals surface area contributed by atoms with Crippen molar-refractivity contribution in [3.05, 3.63) is 64.1 Å². The van der Waals surface area contributed by atoms with Crippen LogP contribution >= 0.6 is 35.0 Å². The van der Waals surface area contributed by atoms with Crippen LogP contribution in [0.5, 0.6) is 0 Å². The van der Waals surface area contributed by atoms with E-state index in [1.54, 1.807) is 30.0 Å². The molecular formula is C22H26Cl2N2O2S. The summed E-state index contributed by atoms with van der Waals surface area (Å²) in [6.07, 6.45) is 0.827. The third kappa shape index (κ3) is 7.57. The number of benzene rings is 2. The summed E-state index contributed by atoms with van der Waals surface area (Å²) < 4.78 is 0. The summed E-state index contributed by atoms with van der Waals surface area (Å²) in [5.74, 6) is -0.0497. The molecule has 2 amide bonds. The van der Waals surface area contributed by atoms with Crippen molar-refractivity contribution in [2.24, 2.45) is 0 Å². The maximum atomic E-state index is 13.0. The molecule has 2 aromatic carbocycles. The van der Waals surface area contributed by atoms with Crippen LogP contribution in [0.4, 0.5) is 0 Å². The minimum absolute atomic E-state index is 0.0523. The Morgan fingerprint density at radius 3 is 2.38 bits per heavy atom. The van der Waals surface area contributed by atoms with Crippen molar-refractivity contribution in [2.45, 2.75) is 50.7 Å². The number of nitrogens with one attached hydrogen (secondary N) is 1. The highest BCUT2D eigenvalue weighted by Crippen LogP contribution is 2.22. The lowest BCUT2D eigenvalue weighted by atomic mass is 10.1. The van der Waals surface area contributed by atoms with Gasteiger partial charge in [0.05, 0.1) is 5.75 Å². The first-order valence-electron chi connectivity index (χ1n) is 9.52. The Hall–Kier alpha value is -1.69. The SMILES string of the molecule is CC[C@H](C)NC(=O)[C@@H](C)N(Cc1cccc(Cl)c1)C(=O)CSc1ccc(Cl)cc1. The molecule has 0 fully saturated rings. The van der Waals surface area contributed by atoms with Crippen LogP contribution in [0.1, 0.15) is 32.8 Å².